The van der Waals surface area contributed by atoms with Crippen LogP contribution in [-0.2, 0) is 9.59 Å². The van der Waals surface area contributed by atoms with Crippen molar-refractivity contribution in [2.75, 3.05) is 13.1 Å². The molecule has 2 atom stereocenters. The van der Waals surface area contributed by atoms with Gasteiger partial charge in [0, 0.05) is 47.4 Å². The number of hydrogen-bond donors (Lipinski definition) is 0. The van der Waals surface area contributed by atoms with E-state index in [1.54, 1.807) is 0 Å². The van der Waals surface area contributed by atoms with Crippen molar-refractivity contribution in [3.63, 3.8) is 0 Å². The normalized spacial score (nSPS) is 19.9. The van der Waals surface area contributed by atoms with Crippen molar-refractivity contribution >= 4 is 11.8 Å². The Bertz CT molecular complexity index is 1420. The molecule has 1 saturated heterocycles. The second kappa shape index (κ2) is 9.56. The van der Waals surface area contributed by atoms with Crippen LogP contribution in [0.3, 0.4) is 0 Å². The minimum atomic E-state index is -0.452. The van der Waals surface area contributed by atoms with E-state index in [1.165, 1.54) is 0 Å². The number of hydrogen-bond acceptors (Lipinski definition) is 4. The topological polar surface area (TPSA) is 59.1 Å². The van der Waals surface area contributed by atoms with Crippen LogP contribution in [0.2, 0.25) is 0 Å². The van der Waals surface area contributed by atoms with E-state index in [9.17, 15) is 9.59 Å². The van der Waals surface area contributed by atoms with Gasteiger partial charge in [-0.15, -0.1) is 0 Å². The third kappa shape index (κ3) is 3.86. The molecule has 4 aromatic rings. The third-order valence-electron chi connectivity index (χ3n) is 8.41. The molecule has 0 spiro atoms. The molecule has 1 fully saturated rings. The van der Waals surface area contributed by atoms with E-state index in [4.69, 9.17) is 9.47 Å². The van der Waals surface area contributed by atoms with Gasteiger partial charge in [-0.3, -0.25) is 9.59 Å². The number of carbonyl (C=O) groups excluding carboxylic acids is 2. The second-order valence-electron chi connectivity index (χ2n) is 10.9. The third-order valence-corrected chi connectivity index (χ3v) is 8.41. The molecule has 0 bridgehead atoms. The number of amides is 2. The van der Waals surface area contributed by atoms with E-state index in [-0.39, 0.29) is 23.9 Å². The highest BCUT2D eigenvalue weighted by Crippen LogP contribution is 2.47. The number of nitrogens with zero attached hydrogens (tertiary/aromatic N) is 2. The van der Waals surface area contributed by atoms with Gasteiger partial charge in [0.25, 0.3) is 0 Å². The van der Waals surface area contributed by atoms with Crippen LogP contribution in [0.4, 0.5) is 0 Å². The fourth-order valence-electron chi connectivity index (χ4n) is 6.42. The molecule has 0 radical (unpaired) electrons. The summed E-state index contributed by atoms with van der Waals surface area (Å²) in [7, 11) is 0. The minimum absolute atomic E-state index is 0.0383. The van der Waals surface area contributed by atoms with Crippen molar-refractivity contribution in [2.24, 2.45) is 0 Å². The average Bonchev–Trinajstić information content (AvgIpc) is 2.98. The Hall–Kier alpha value is -4.58. The average molecular weight is 531 g/mol. The molecule has 6 nitrogen and oxygen atoms in total. The van der Waals surface area contributed by atoms with Crippen LogP contribution in [0.5, 0.6) is 23.0 Å². The van der Waals surface area contributed by atoms with Gasteiger partial charge in [-0.2, -0.15) is 0 Å². The van der Waals surface area contributed by atoms with Gasteiger partial charge in [-0.05, 0) is 38.1 Å². The van der Waals surface area contributed by atoms with E-state index in [1.807, 2.05) is 121 Å². The molecule has 0 aliphatic carbocycles. The predicted molar refractivity (Wildman–Crippen MR) is 152 cm³/mol. The van der Waals surface area contributed by atoms with Gasteiger partial charge in [0.15, 0.2) is 0 Å². The van der Waals surface area contributed by atoms with E-state index in [0.29, 0.717) is 36.1 Å². The maximum atomic E-state index is 14.3. The largest absolute Gasteiger partial charge is 0.457 e. The number of para-hydroxylation sites is 4. The molecule has 2 amide bonds. The lowest BCUT2D eigenvalue weighted by Gasteiger charge is -2.46. The van der Waals surface area contributed by atoms with Crippen molar-refractivity contribution in [1.82, 2.24) is 9.80 Å². The van der Waals surface area contributed by atoms with Crippen LogP contribution in [0.15, 0.2) is 97.1 Å². The first-order chi connectivity index (χ1) is 19.5. The Morgan fingerprint density at radius 1 is 0.525 bits per heavy atom. The number of carbonyl (C=O) groups is 2. The zero-order chi connectivity index (χ0) is 27.4. The number of piperazine rings is 1. The summed E-state index contributed by atoms with van der Waals surface area (Å²) in [6.07, 6.45) is 0. The van der Waals surface area contributed by atoms with Crippen molar-refractivity contribution in [2.45, 2.75) is 37.8 Å². The first kappa shape index (κ1) is 24.5. The number of ether oxygens (including phenoxy) is 2. The van der Waals surface area contributed by atoms with Gasteiger partial charge < -0.3 is 19.3 Å². The van der Waals surface area contributed by atoms with Crippen molar-refractivity contribution in [1.29, 1.82) is 0 Å². The van der Waals surface area contributed by atoms with E-state index in [0.717, 1.165) is 22.3 Å². The summed E-state index contributed by atoms with van der Waals surface area (Å²) in [6, 6.07) is 30.7. The molecule has 7 rings (SSSR count). The van der Waals surface area contributed by atoms with Gasteiger partial charge in [-0.1, -0.05) is 72.8 Å². The number of benzene rings is 4. The Kier molecular flexibility index (Phi) is 5.84. The molecule has 0 saturated carbocycles. The molecule has 40 heavy (non-hydrogen) atoms. The Morgan fingerprint density at radius 2 is 0.800 bits per heavy atom. The lowest BCUT2D eigenvalue weighted by molar-refractivity contribution is -0.146. The lowest BCUT2D eigenvalue weighted by Crippen LogP contribution is -2.61. The molecule has 3 heterocycles. The van der Waals surface area contributed by atoms with E-state index < -0.39 is 11.8 Å². The van der Waals surface area contributed by atoms with Gasteiger partial charge in [-0.25, -0.2) is 0 Å². The zero-order valence-corrected chi connectivity index (χ0v) is 22.5. The first-order valence-corrected chi connectivity index (χ1v) is 13.8. The van der Waals surface area contributed by atoms with Crippen molar-refractivity contribution < 1.29 is 19.1 Å². The smallest absolute Gasteiger partial charge is 0.235 e. The van der Waals surface area contributed by atoms with Crippen LogP contribution in [0.25, 0.3) is 0 Å². The van der Waals surface area contributed by atoms with Gasteiger partial charge in [0.05, 0.1) is 11.8 Å². The summed E-state index contributed by atoms with van der Waals surface area (Å²) in [5, 5.41) is 0. The van der Waals surface area contributed by atoms with Crippen molar-refractivity contribution in [3.05, 3.63) is 119 Å². The highest BCUT2D eigenvalue weighted by atomic mass is 16.5. The predicted octanol–water partition coefficient (Wildman–Crippen LogP) is 6.31. The quantitative estimate of drug-likeness (QED) is 0.305. The van der Waals surface area contributed by atoms with Crippen LogP contribution in [-0.4, -0.2) is 46.8 Å². The Balaban J connectivity index is 1.19. The maximum Gasteiger partial charge on any atom is 0.235 e. The molecule has 6 heteroatoms. The molecule has 3 aliphatic rings. The van der Waals surface area contributed by atoms with Gasteiger partial charge >= 0.3 is 0 Å². The minimum Gasteiger partial charge on any atom is -0.457 e. The van der Waals surface area contributed by atoms with E-state index >= 15 is 0 Å². The summed E-state index contributed by atoms with van der Waals surface area (Å²) in [4.78, 5) is 32.5. The summed E-state index contributed by atoms with van der Waals surface area (Å²) >= 11 is 0. The number of fused-ring (bicyclic) bond motifs is 4. The molecule has 4 aromatic carbocycles. The summed E-state index contributed by atoms with van der Waals surface area (Å²) < 4.78 is 12.3. The highest BCUT2D eigenvalue weighted by Gasteiger charge is 2.43. The van der Waals surface area contributed by atoms with Crippen LogP contribution in [0, 0.1) is 0 Å². The van der Waals surface area contributed by atoms with Crippen molar-refractivity contribution in [3.8, 4) is 23.0 Å². The van der Waals surface area contributed by atoms with Crippen LogP contribution < -0.4 is 9.47 Å². The summed E-state index contributed by atoms with van der Waals surface area (Å²) in [6.45, 7) is 4.99. The molecule has 3 aliphatic heterocycles. The Labute approximate surface area is 233 Å². The molecule has 2 unspecified atom stereocenters. The van der Waals surface area contributed by atoms with Crippen LogP contribution in [0.1, 0.15) is 47.9 Å². The summed E-state index contributed by atoms with van der Waals surface area (Å²) in [5.74, 6) is 2.03. The molecule has 0 N–H and O–H groups in total. The van der Waals surface area contributed by atoms with Crippen LogP contribution >= 0.6 is 0 Å². The fraction of sp³-hybridized carbons (Fsp3) is 0.235. The first-order valence-electron chi connectivity index (χ1n) is 13.8. The number of rotatable bonds is 2. The van der Waals surface area contributed by atoms with Gasteiger partial charge in [0.2, 0.25) is 11.8 Å². The van der Waals surface area contributed by atoms with E-state index in [2.05, 4.69) is 0 Å². The fourth-order valence-corrected chi connectivity index (χ4v) is 6.42. The SMILES string of the molecule is CC1CN(C(=O)C2c3ccccc3Oc3ccccc32)C(C)CN1C(=O)C1c2ccccc2Oc2ccccc21. The molecule has 0 aromatic heterocycles. The molecular formula is C34H30N2O4. The molecular weight excluding hydrogens is 500 g/mol. The lowest BCUT2D eigenvalue weighted by atomic mass is 9.85. The summed E-state index contributed by atoms with van der Waals surface area (Å²) in [5.41, 5.74) is 3.50. The maximum absolute atomic E-state index is 14.3. The molecule has 200 valence electrons. The van der Waals surface area contributed by atoms with Gasteiger partial charge in [0.1, 0.15) is 23.0 Å². The standard InChI is InChI=1S/C34H30N2O4/c1-21-19-36(34(38)32-25-13-5-9-17-29(25)40-30-18-10-6-14-26(30)32)22(2)20-35(21)33(37)31-23-11-3-7-15-27(23)39-28-16-8-4-12-24(28)31/h3-18,21-22,31-32H,19-20H2,1-2H3. The second-order valence-corrected chi connectivity index (χ2v) is 10.9. The monoisotopic (exact) mass is 530 g/mol. The zero-order valence-electron chi connectivity index (χ0n) is 22.5. The highest BCUT2D eigenvalue weighted by molar-refractivity contribution is 5.92. The Morgan fingerprint density at radius 3 is 1.10 bits per heavy atom.